The van der Waals surface area contributed by atoms with E-state index in [0.717, 1.165) is 45.8 Å². The summed E-state index contributed by atoms with van der Waals surface area (Å²) in [4.78, 5) is 30.0. The van der Waals surface area contributed by atoms with E-state index >= 15 is 0 Å². The van der Waals surface area contributed by atoms with Gasteiger partial charge in [-0.3, -0.25) is 4.79 Å². The normalized spacial score (nSPS) is 15.6. The Hall–Kier alpha value is -4.23. The molecule has 0 atom stereocenters. The fourth-order valence-electron chi connectivity index (χ4n) is 4.76. The minimum Gasteiger partial charge on any atom is -0.494 e. The molecule has 7 heteroatoms. The third kappa shape index (κ3) is 3.80. The average Bonchev–Trinajstić information content (AvgIpc) is 3.45. The molecular formula is C28H25N5O2. The van der Waals surface area contributed by atoms with Crippen molar-refractivity contribution in [1.82, 2.24) is 14.8 Å². The lowest BCUT2D eigenvalue weighted by Gasteiger charge is -2.32. The number of piperazine rings is 1. The third-order valence-electron chi connectivity index (χ3n) is 6.69. The van der Waals surface area contributed by atoms with Crippen LogP contribution in [0.4, 0.5) is 0 Å². The lowest BCUT2D eigenvalue weighted by Crippen LogP contribution is -2.47. The molecule has 0 saturated carbocycles. The monoisotopic (exact) mass is 463 g/mol. The van der Waals surface area contributed by atoms with E-state index < -0.39 is 0 Å². The second-order valence-corrected chi connectivity index (χ2v) is 8.98. The second-order valence-electron chi connectivity index (χ2n) is 8.98. The van der Waals surface area contributed by atoms with Crippen LogP contribution >= 0.6 is 0 Å². The zero-order valence-electron chi connectivity index (χ0n) is 19.4. The number of fused-ring (bicyclic) bond motifs is 2. The number of aromatic hydroxyl groups is 1. The van der Waals surface area contributed by atoms with E-state index in [0.29, 0.717) is 30.0 Å². The number of nitrogens with zero attached hydrogens (tertiary/aromatic N) is 4. The summed E-state index contributed by atoms with van der Waals surface area (Å²) in [5.74, 6) is 0.560. The summed E-state index contributed by atoms with van der Waals surface area (Å²) >= 11 is 0. The molecule has 35 heavy (non-hydrogen) atoms. The largest absolute Gasteiger partial charge is 0.494 e. The molecule has 2 N–H and O–H groups in total. The van der Waals surface area contributed by atoms with E-state index in [1.807, 2.05) is 77.7 Å². The second kappa shape index (κ2) is 8.52. The fourth-order valence-corrected chi connectivity index (χ4v) is 4.76. The Kier molecular flexibility index (Phi) is 5.19. The standard InChI is InChI=1S/C28H25N5O2/c1-32-13-15-33(16-14-32)28(35)19-11-12-21-20(17-19)25(27(34)31-21)24(18-7-3-2-4-8-18)26-29-22-9-5-6-10-23(22)30-26/h2-12,17,31,34H,13-16H2,1H3. The van der Waals surface area contributed by atoms with Crippen molar-refractivity contribution in [2.24, 2.45) is 9.98 Å². The number of aromatic amines is 1. The van der Waals surface area contributed by atoms with Crippen LogP contribution in [0.5, 0.6) is 5.88 Å². The Morgan fingerprint density at radius 1 is 0.857 bits per heavy atom. The molecule has 2 aliphatic rings. The highest BCUT2D eigenvalue weighted by molar-refractivity contribution is 6.04. The van der Waals surface area contributed by atoms with Gasteiger partial charge in [-0.2, -0.15) is 0 Å². The molecule has 2 aliphatic heterocycles. The maximum absolute atomic E-state index is 13.3. The van der Waals surface area contributed by atoms with Gasteiger partial charge in [0.1, 0.15) is 0 Å². The van der Waals surface area contributed by atoms with E-state index in [9.17, 15) is 9.90 Å². The molecule has 0 spiro atoms. The highest BCUT2D eigenvalue weighted by Crippen LogP contribution is 2.39. The van der Waals surface area contributed by atoms with Crippen LogP contribution in [0.25, 0.3) is 16.5 Å². The summed E-state index contributed by atoms with van der Waals surface area (Å²) in [6.45, 7) is 3.12. The lowest BCUT2D eigenvalue weighted by molar-refractivity contribution is 0.0664. The van der Waals surface area contributed by atoms with Crippen molar-refractivity contribution in [2.45, 2.75) is 0 Å². The Labute approximate surface area is 202 Å². The summed E-state index contributed by atoms with van der Waals surface area (Å²) < 4.78 is 0. The van der Waals surface area contributed by atoms with Crippen LogP contribution in [0.1, 0.15) is 21.5 Å². The number of hydrogen-bond acceptors (Lipinski definition) is 5. The molecule has 1 amide bonds. The van der Waals surface area contributed by atoms with E-state index in [1.54, 1.807) is 0 Å². The van der Waals surface area contributed by atoms with E-state index in [-0.39, 0.29) is 11.8 Å². The van der Waals surface area contributed by atoms with Crippen LogP contribution in [-0.4, -0.2) is 59.0 Å². The van der Waals surface area contributed by atoms with Crippen LogP contribution in [0, 0.1) is 0 Å². The summed E-state index contributed by atoms with van der Waals surface area (Å²) in [6, 6.07) is 23.1. The maximum Gasteiger partial charge on any atom is 0.253 e. The van der Waals surface area contributed by atoms with Gasteiger partial charge >= 0.3 is 0 Å². The number of nitrogens with one attached hydrogen (secondary N) is 1. The molecule has 1 aromatic heterocycles. The van der Waals surface area contributed by atoms with Crippen LogP contribution in [0.3, 0.4) is 0 Å². The number of aromatic nitrogens is 1. The zero-order chi connectivity index (χ0) is 23.9. The van der Waals surface area contributed by atoms with E-state index in [2.05, 4.69) is 16.9 Å². The molecular weight excluding hydrogens is 438 g/mol. The van der Waals surface area contributed by atoms with Crippen molar-refractivity contribution < 1.29 is 9.90 Å². The van der Waals surface area contributed by atoms with Gasteiger partial charge in [0, 0.05) is 48.2 Å². The summed E-state index contributed by atoms with van der Waals surface area (Å²) in [7, 11) is 2.07. The number of carbonyl (C=O) groups excluding carboxylic acids is 1. The first-order chi connectivity index (χ1) is 17.1. The number of carbonyl (C=O) groups is 1. The van der Waals surface area contributed by atoms with E-state index in [1.165, 1.54) is 0 Å². The number of likely N-dealkylation sites (N-methyl/N-ethyl adjacent to an activating group) is 1. The molecule has 3 aromatic carbocycles. The SMILES string of the molecule is CN1CCN(C(=O)c2ccc3[nH]c(O)c(C(=C4N=c5ccccc5=N4)c4ccccc4)c3c2)CC1. The van der Waals surface area contributed by atoms with Gasteiger partial charge in [-0.1, -0.05) is 42.5 Å². The van der Waals surface area contributed by atoms with Crippen molar-refractivity contribution in [1.29, 1.82) is 0 Å². The Bertz CT molecular complexity index is 1560. The Balaban J connectivity index is 1.53. The number of para-hydroxylation sites is 2. The van der Waals surface area contributed by atoms with Gasteiger partial charge in [0.15, 0.2) is 11.7 Å². The van der Waals surface area contributed by atoms with Crippen molar-refractivity contribution in [3.8, 4) is 5.88 Å². The number of hydrogen-bond donors (Lipinski definition) is 2. The van der Waals surface area contributed by atoms with Crippen LogP contribution in [0.2, 0.25) is 0 Å². The highest BCUT2D eigenvalue weighted by atomic mass is 16.3. The number of amides is 1. The van der Waals surface area contributed by atoms with Crippen LogP contribution in [-0.2, 0) is 0 Å². The molecule has 6 rings (SSSR count). The fraction of sp³-hybridized carbons (Fsp3) is 0.179. The Morgan fingerprint density at radius 3 is 2.20 bits per heavy atom. The van der Waals surface area contributed by atoms with Gasteiger partial charge < -0.3 is 19.9 Å². The highest BCUT2D eigenvalue weighted by Gasteiger charge is 2.25. The zero-order valence-corrected chi connectivity index (χ0v) is 19.4. The summed E-state index contributed by atoms with van der Waals surface area (Å²) in [5.41, 5.74) is 3.54. The molecule has 174 valence electrons. The van der Waals surface area contributed by atoms with Gasteiger partial charge in [-0.15, -0.1) is 0 Å². The quantitative estimate of drug-likeness (QED) is 0.490. The van der Waals surface area contributed by atoms with Crippen LogP contribution < -0.4 is 10.7 Å². The first kappa shape index (κ1) is 21.3. The minimum atomic E-state index is 0.00296. The average molecular weight is 464 g/mol. The molecule has 3 heterocycles. The topological polar surface area (TPSA) is 84.3 Å². The van der Waals surface area contributed by atoms with E-state index in [4.69, 9.17) is 9.98 Å². The van der Waals surface area contributed by atoms with Crippen molar-refractivity contribution in [3.05, 3.63) is 106 Å². The molecule has 7 nitrogen and oxygen atoms in total. The molecule has 1 fully saturated rings. The smallest absolute Gasteiger partial charge is 0.253 e. The predicted molar refractivity (Wildman–Crippen MR) is 135 cm³/mol. The molecule has 1 saturated heterocycles. The molecule has 0 aliphatic carbocycles. The number of H-pyrrole nitrogens is 1. The number of benzene rings is 3. The minimum absolute atomic E-state index is 0.00296. The summed E-state index contributed by atoms with van der Waals surface area (Å²) in [5, 5.41) is 13.4. The van der Waals surface area contributed by atoms with Crippen molar-refractivity contribution >= 4 is 22.4 Å². The molecule has 4 aromatic rings. The number of rotatable bonds is 3. The van der Waals surface area contributed by atoms with Gasteiger partial charge in [-0.25, -0.2) is 9.98 Å². The molecule has 0 unspecified atom stereocenters. The maximum atomic E-state index is 13.3. The first-order valence-electron chi connectivity index (χ1n) is 11.7. The predicted octanol–water partition coefficient (Wildman–Crippen LogP) is 2.93. The molecule has 0 bridgehead atoms. The van der Waals surface area contributed by atoms with Gasteiger partial charge in [0.05, 0.1) is 16.3 Å². The summed E-state index contributed by atoms with van der Waals surface area (Å²) in [6.07, 6.45) is 0. The van der Waals surface area contributed by atoms with Gasteiger partial charge in [0.25, 0.3) is 5.91 Å². The third-order valence-corrected chi connectivity index (χ3v) is 6.69. The molecule has 0 radical (unpaired) electrons. The van der Waals surface area contributed by atoms with Crippen LogP contribution in [0.15, 0.2) is 88.6 Å². The van der Waals surface area contributed by atoms with Crippen molar-refractivity contribution in [2.75, 3.05) is 33.2 Å². The van der Waals surface area contributed by atoms with Crippen molar-refractivity contribution in [3.63, 3.8) is 0 Å². The first-order valence-corrected chi connectivity index (χ1v) is 11.7. The lowest BCUT2D eigenvalue weighted by atomic mass is 9.96. The van der Waals surface area contributed by atoms with Gasteiger partial charge in [0.2, 0.25) is 0 Å². The van der Waals surface area contributed by atoms with Gasteiger partial charge in [-0.05, 0) is 42.9 Å². The Morgan fingerprint density at radius 2 is 1.51 bits per heavy atom.